The average molecular weight is 218 g/mol. The zero-order chi connectivity index (χ0) is 11.5. The maximum absolute atomic E-state index is 7.28. The molecule has 1 aliphatic heterocycles. The monoisotopic (exact) mass is 218 g/mol. The molecule has 0 saturated heterocycles. The summed E-state index contributed by atoms with van der Waals surface area (Å²) in [5.74, 6) is 0.261. The number of amidine groups is 1. The van der Waals surface area contributed by atoms with Gasteiger partial charge < -0.3 is 15.5 Å². The molecule has 0 aliphatic carbocycles. The van der Waals surface area contributed by atoms with Crippen LogP contribution in [-0.2, 0) is 0 Å². The number of nitrogens with two attached hydrogens (primary N) is 1. The van der Waals surface area contributed by atoms with Crippen LogP contribution in [0.3, 0.4) is 0 Å². The summed E-state index contributed by atoms with van der Waals surface area (Å²) in [5, 5.41) is 7.28. The predicted molar refractivity (Wildman–Crippen MR) is 68.5 cm³/mol. The molecule has 4 nitrogen and oxygen atoms in total. The Balaban J connectivity index is 2.18. The van der Waals surface area contributed by atoms with Gasteiger partial charge in [-0.25, -0.2) is 0 Å². The van der Waals surface area contributed by atoms with Gasteiger partial charge in [-0.3, -0.25) is 5.41 Å². The van der Waals surface area contributed by atoms with Crippen molar-refractivity contribution < 1.29 is 0 Å². The average Bonchev–Trinajstić information content (AvgIpc) is 2.28. The number of para-hydroxylation sites is 2. The van der Waals surface area contributed by atoms with Gasteiger partial charge in [0.1, 0.15) is 0 Å². The van der Waals surface area contributed by atoms with E-state index in [4.69, 9.17) is 11.1 Å². The molecule has 1 aromatic rings. The summed E-state index contributed by atoms with van der Waals surface area (Å²) in [6, 6.07) is 8.38. The lowest BCUT2D eigenvalue weighted by Gasteiger charge is -2.36. The van der Waals surface area contributed by atoms with Crippen LogP contribution in [0.5, 0.6) is 0 Å². The normalized spacial score (nSPS) is 14.8. The first-order chi connectivity index (χ1) is 7.68. The number of nitrogens with one attached hydrogen (secondary N) is 1. The topological polar surface area (TPSA) is 56.4 Å². The largest absolute Gasteiger partial charge is 0.388 e. The molecule has 3 N–H and O–H groups in total. The van der Waals surface area contributed by atoms with Gasteiger partial charge in [0.15, 0.2) is 0 Å². The highest BCUT2D eigenvalue weighted by Crippen LogP contribution is 2.31. The molecule has 1 heterocycles. The van der Waals surface area contributed by atoms with Gasteiger partial charge in [0.05, 0.1) is 17.2 Å². The predicted octanol–water partition coefficient (Wildman–Crippen LogP) is 1.27. The van der Waals surface area contributed by atoms with E-state index < -0.39 is 0 Å². The first kappa shape index (κ1) is 10.8. The van der Waals surface area contributed by atoms with Crippen molar-refractivity contribution >= 4 is 17.2 Å². The Kier molecular flexibility index (Phi) is 2.99. The lowest BCUT2D eigenvalue weighted by Crippen LogP contribution is -2.40. The number of rotatable bonds is 3. The SMILES string of the molecule is CN1CCN(CCC(=N)N)c2ccccc21. The van der Waals surface area contributed by atoms with Crippen LogP contribution >= 0.6 is 0 Å². The molecule has 0 amide bonds. The fraction of sp³-hybridized carbons (Fsp3) is 0.417. The Bertz CT molecular complexity index is 388. The number of hydrogen-bond donors (Lipinski definition) is 2. The van der Waals surface area contributed by atoms with Crippen LogP contribution in [0.4, 0.5) is 11.4 Å². The lowest BCUT2D eigenvalue weighted by molar-refractivity contribution is 0.739. The Morgan fingerprint density at radius 1 is 1.31 bits per heavy atom. The van der Waals surface area contributed by atoms with Crippen LogP contribution in [-0.4, -0.2) is 32.5 Å². The summed E-state index contributed by atoms with van der Waals surface area (Å²) in [4.78, 5) is 4.57. The minimum Gasteiger partial charge on any atom is -0.388 e. The Hall–Kier alpha value is -1.71. The van der Waals surface area contributed by atoms with Crippen LogP contribution in [0.15, 0.2) is 24.3 Å². The van der Waals surface area contributed by atoms with Gasteiger partial charge in [-0.2, -0.15) is 0 Å². The molecule has 0 saturated carbocycles. The zero-order valence-electron chi connectivity index (χ0n) is 9.61. The van der Waals surface area contributed by atoms with Crippen molar-refractivity contribution in [2.75, 3.05) is 36.5 Å². The van der Waals surface area contributed by atoms with Crippen LogP contribution in [0.1, 0.15) is 6.42 Å². The Morgan fingerprint density at radius 3 is 2.69 bits per heavy atom. The highest BCUT2D eigenvalue weighted by molar-refractivity contribution is 5.78. The molecule has 0 unspecified atom stereocenters. The molecule has 0 atom stereocenters. The van der Waals surface area contributed by atoms with Crippen molar-refractivity contribution in [1.29, 1.82) is 5.41 Å². The van der Waals surface area contributed by atoms with E-state index in [1.165, 1.54) is 11.4 Å². The van der Waals surface area contributed by atoms with Crippen molar-refractivity contribution in [2.24, 2.45) is 5.73 Å². The van der Waals surface area contributed by atoms with E-state index in [1.54, 1.807) is 0 Å². The molecule has 0 spiro atoms. The molecule has 1 aliphatic rings. The molecule has 4 heteroatoms. The fourth-order valence-corrected chi connectivity index (χ4v) is 2.05. The fourth-order valence-electron chi connectivity index (χ4n) is 2.05. The van der Waals surface area contributed by atoms with Gasteiger partial charge in [-0.05, 0) is 12.1 Å². The van der Waals surface area contributed by atoms with Gasteiger partial charge in [-0.1, -0.05) is 12.1 Å². The van der Waals surface area contributed by atoms with E-state index in [1.807, 2.05) is 0 Å². The smallest absolute Gasteiger partial charge is 0.0923 e. The molecule has 1 aromatic carbocycles. The minimum atomic E-state index is 0.261. The van der Waals surface area contributed by atoms with E-state index in [2.05, 4.69) is 41.1 Å². The van der Waals surface area contributed by atoms with Crippen molar-refractivity contribution in [1.82, 2.24) is 0 Å². The number of fused-ring (bicyclic) bond motifs is 1. The van der Waals surface area contributed by atoms with Crippen LogP contribution in [0, 0.1) is 5.41 Å². The Labute approximate surface area is 96.2 Å². The van der Waals surface area contributed by atoms with Crippen LogP contribution in [0.25, 0.3) is 0 Å². The summed E-state index contributed by atoms with van der Waals surface area (Å²) in [5.41, 5.74) is 7.91. The quantitative estimate of drug-likeness (QED) is 0.593. The van der Waals surface area contributed by atoms with E-state index in [0.717, 1.165) is 19.6 Å². The number of anilines is 2. The highest BCUT2D eigenvalue weighted by atomic mass is 15.2. The van der Waals surface area contributed by atoms with Crippen LogP contribution < -0.4 is 15.5 Å². The molecule has 2 rings (SSSR count). The molecule has 0 bridgehead atoms. The minimum absolute atomic E-state index is 0.261. The third-order valence-corrected chi connectivity index (χ3v) is 2.99. The maximum Gasteiger partial charge on any atom is 0.0923 e. The first-order valence-electron chi connectivity index (χ1n) is 5.56. The summed E-state index contributed by atoms with van der Waals surface area (Å²) >= 11 is 0. The van der Waals surface area contributed by atoms with Crippen molar-refractivity contribution in [3.05, 3.63) is 24.3 Å². The van der Waals surface area contributed by atoms with Crippen molar-refractivity contribution in [2.45, 2.75) is 6.42 Å². The maximum atomic E-state index is 7.28. The second kappa shape index (κ2) is 4.43. The number of likely N-dealkylation sites (N-methyl/N-ethyl adjacent to an activating group) is 1. The number of benzene rings is 1. The molecule has 86 valence electrons. The molecule has 0 fully saturated rings. The van der Waals surface area contributed by atoms with Gasteiger partial charge in [0.2, 0.25) is 0 Å². The van der Waals surface area contributed by atoms with E-state index in [-0.39, 0.29) is 5.84 Å². The lowest BCUT2D eigenvalue weighted by atomic mass is 10.1. The standard InChI is InChI=1S/C12H18N4/c1-15-8-9-16(7-6-12(13)14)11-5-3-2-4-10(11)15/h2-5H,6-9H2,1H3,(H3,13,14). The molecular weight excluding hydrogens is 200 g/mol. The van der Waals surface area contributed by atoms with E-state index >= 15 is 0 Å². The summed E-state index contributed by atoms with van der Waals surface area (Å²) in [6.07, 6.45) is 0.637. The highest BCUT2D eigenvalue weighted by Gasteiger charge is 2.19. The third kappa shape index (κ3) is 2.10. The van der Waals surface area contributed by atoms with Gasteiger partial charge in [0.25, 0.3) is 0 Å². The van der Waals surface area contributed by atoms with Crippen molar-refractivity contribution in [3.8, 4) is 0 Å². The van der Waals surface area contributed by atoms with E-state index in [0.29, 0.717) is 6.42 Å². The van der Waals surface area contributed by atoms with Crippen molar-refractivity contribution in [3.63, 3.8) is 0 Å². The molecule has 16 heavy (non-hydrogen) atoms. The second-order valence-electron chi connectivity index (χ2n) is 4.17. The first-order valence-corrected chi connectivity index (χ1v) is 5.56. The molecular formula is C12H18N4. The molecule has 0 radical (unpaired) electrons. The molecule has 0 aromatic heterocycles. The zero-order valence-corrected chi connectivity index (χ0v) is 9.61. The second-order valence-corrected chi connectivity index (χ2v) is 4.17. The van der Waals surface area contributed by atoms with Gasteiger partial charge in [-0.15, -0.1) is 0 Å². The summed E-state index contributed by atoms with van der Waals surface area (Å²) in [7, 11) is 2.11. The number of hydrogen-bond acceptors (Lipinski definition) is 3. The van der Waals surface area contributed by atoms with Gasteiger partial charge >= 0.3 is 0 Å². The van der Waals surface area contributed by atoms with E-state index in [9.17, 15) is 0 Å². The summed E-state index contributed by atoms with van der Waals surface area (Å²) in [6.45, 7) is 2.86. The van der Waals surface area contributed by atoms with Gasteiger partial charge in [0, 0.05) is 33.1 Å². The third-order valence-electron chi connectivity index (χ3n) is 2.99. The van der Waals surface area contributed by atoms with Crippen LogP contribution in [0.2, 0.25) is 0 Å². The summed E-state index contributed by atoms with van der Waals surface area (Å²) < 4.78 is 0. The Morgan fingerprint density at radius 2 is 2.00 bits per heavy atom. The number of nitrogens with zero attached hydrogens (tertiary/aromatic N) is 2.